The number of amides is 1. The molecule has 4 heteroatoms. The number of thioether (sulfide) groups is 1. The monoisotopic (exact) mass is 238 g/mol. The van der Waals surface area contributed by atoms with E-state index in [9.17, 15) is 4.79 Å². The molecule has 1 amide bonds. The number of rotatable bonds is 5. The number of nitrogens with one attached hydrogen (secondary N) is 2. The zero-order valence-electron chi connectivity index (χ0n) is 9.91. The Morgan fingerprint density at radius 3 is 2.69 bits per heavy atom. The Labute approximate surface area is 101 Å². The number of para-hydroxylation sites is 1. The fourth-order valence-corrected chi connectivity index (χ4v) is 2.19. The summed E-state index contributed by atoms with van der Waals surface area (Å²) in [6, 6.07) is 7.87. The van der Waals surface area contributed by atoms with Gasteiger partial charge in [0.2, 0.25) is 5.91 Å². The van der Waals surface area contributed by atoms with Crippen LogP contribution in [0.25, 0.3) is 0 Å². The largest absolute Gasteiger partial charge is 0.324 e. The van der Waals surface area contributed by atoms with E-state index in [0.29, 0.717) is 11.8 Å². The van der Waals surface area contributed by atoms with Crippen LogP contribution in [-0.4, -0.2) is 24.7 Å². The minimum absolute atomic E-state index is 0.0145. The molecular formula is C12H18N2OS. The first-order valence-corrected chi connectivity index (χ1v) is 6.21. The molecule has 0 aliphatic carbocycles. The van der Waals surface area contributed by atoms with Gasteiger partial charge in [-0.3, -0.25) is 4.79 Å². The van der Waals surface area contributed by atoms with E-state index in [2.05, 4.69) is 24.5 Å². The maximum atomic E-state index is 11.5. The molecule has 0 saturated heterocycles. The van der Waals surface area contributed by atoms with Crippen LogP contribution in [0.4, 0.5) is 5.69 Å². The van der Waals surface area contributed by atoms with Gasteiger partial charge in [-0.15, -0.1) is 11.8 Å². The molecule has 2 N–H and O–H groups in total. The Morgan fingerprint density at radius 2 is 2.06 bits per heavy atom. The number of benzene rings is 1. The molecule has 0 bridgehead atoms. The van der Waals surface area contributed by atoms with Gasteiger partial charge < -0.3 is 10.6 Å². The average molecular weight is 238 g/mol. The summed E-state index contributed by atoms with van der Waals surface area (Å²) in [7, 11) is 1.76. The van der Waals surface area contributed by atoms with E-state index >= 15 is 0 Å². The van der Waals surface area contributed by atoms with Crippen LogP contribution in [0.2, 0.25) is 0 Å². The van der Waals surface area contributed by atoms with Crippen LogP contribution in [0.1, 0.15) is 13.8 Å². The summed E-state index contributed by atoms with van der Waals surface area (Å²) in [4.78, 5) is 12.6. The van der Waals surface area contributed by atoms with Crippen molar-refractivity contribution in [3.05, 3.63) is 24.3 Å². The Hall–Kier alpha value is -1.00. The molecule has 0 atom stereocenters. The summed E-state index contributed by atoms with van der Waals surface area (Å²) < 4.78 is 0. The summed E-state index contributed by atoms with van der Waals surface area (Å²) in [5, 5.41) is 6.23. The van der Waals surface area contributed by atoms with Gasteiger partial charge >= 0.3 is 0 Å². The van der Waals surface area contributed by atoms with E-state index < -0.39 is 0 Å². The van der Waals surface area contributed by atoms with Crippen LogP contribution in [0.3, 0.4) is 0 Å². The first-order valence-electron chi connectivity index (χ1n) is 5.33. The molecular weight excluding hydrogens is 220 g/mol. The molecule has 0 aliphatic rings. The standard InChI is InChI=1S/C12H18N2OS/c1-9(2)16-11-7-5-4-6-10(11)14-12(15)8-13-3/h4-7,9,13H,8H2,1-3H3,(H,14,15). The van der Waals surface area contributed by atoms with Crippen molar-refractivity contribution in [2.75, 3.05) is 18.9 Å². The Morgan fingerprint density at radius 1 is 1.38 bits per heavy atom. The summed E-state index contributed by atoms with van der Waals surface area (Å²) in [5.41, 5.74) is 0.890. The fraction of sp³-hybridized carbons (Fsp3) is 0.417. The van der Waals surface area contributed by atoms with Crippen molar-refractivity contribution in [3.8, 4) is 0 Å². The molecule has 3 nitrogen and oxygen atoms in total. The van der Waals surface area contributed by atoms with Gasteiger partial charge in [-0.2, -0.15) is 0 Å². The van der Waals surface area contributed by atoms with Gasteiger partial charge in [-0.1, -0.05) is 26.0 Å². The predicted octanol–water partition coefficient (Wildman–Crippen LogP) is 2.34. The van der Waals surface area contributed by atoms with Gasteiger partial charge in [0.25, 0.3) is 0 Å². The third-order valence-electron chi connectivity index (χ3n) is 1.86. The Bertz CT molecular complexity index is 353. The summed E-state index contributed by atoms with van der Waals surface area (Å²) >= 11 is 1.75. The van der Waals surface area contributed by atoms with Gasteiger partial charge in [0, 0.05) is 10.1 Å². The van der Waals surface area contributed by atoms with Gasteiger partial charge in [0.1, 0.15) is 0 Å². The van der Waals surface area contributed by atoms with Crippen LogP contribution >= 0.6 is 11.8 Å². The van der Waals surface area contributed by atoms with E-state index in [1.54, 1.807) is 18.8 Å². The van der Waals surface area contributed by atoms with Crippen LogP contribution in [0.15, 0.2) is 29.2 Å². The van der Waals surface area contributed by atoms with E-state index in [0.717, 1.165) is 10.6 Å². The second-order valence-corrected chi connectivity index (χ2v) is 5.36. The molecule has 0 fully saturated rings. The van der Waals surface area contributed by atoms with Crippen LogP contribution < -0.4 is 10.6 Å². The highest BCUT2D eigenvalue weighted by molar-refractivity contribution is 8.00. The van der Waals surface area contributed by atoms with Crippen LogP contribution in [-0.2, 0) is 4.79 Å². The third kappa shape index (κ3) is 4.24. The molecule has 0 radical (unpaired) electrons. The topological polar surface area (TPSA) is 41.1 Å². The molecule has 0 saturated carbocycles. The number of hydrogen-bond acceptors (Lipinski definition) is 3. The van der Waals surface area contributed by atoms with Crippen molar-refractivity contribution < 1.29 is 4.79 Å². The average Bonchev–Trinajstić information content (AvgIpc) is 2.20. The van der Waals surface area contributed by atoms with E-state index in [1.807, 2.05) is 24.3 Å². The lowest BCUT2D eigenvalue weighted by molar-refractivity contribution is -0.115. The minimum Gasteiger partial charge on any atom is -0.324 e. The van der Waals surface area contributed by atoms with E-state index in [-0.39, 0.29) is 5.91 Å². The maximum absolute atomic E-state index is 11.5. The molecule has 1 aromatic carbocycles. The highest BCUT2D eigenvalue weighted by Gasteiger charge is 2.07. The molecule has 1 aromatic rings. The normalized spacial score (nSPS) is 10.5. The number of likely N-dealkylation sites (N-methyl/N-ethyl adjacent to an activating group) is 1. The Balaban J connectivity index is 2.74. The van der Waals surface area contributed by atoms with Crippen molar-refractivity contribution in [1.82, 2.24) is 5.32 Å². The van der Waals surface area contributed by atoms with Gasteiger partial charge in [-0.05, 0) is 19.2 Å². The summed E-state index contributed by atoms with van der Waals surface area (Å²) in [6.07, 6.45) is 0. The highest BCUT2D eigenvalue weighted by atomic mass is 32.2. The molecule has 0 unspecified atom stereocenters. The predicted molar refractivity (Wildman–Crippen MR) is 70.0 cm³/mol. The van der Waals surface area contributed by atoms with Crippen LogP contribution in [0, 0.1) is 0 Å². The number of anilines is 1. The van der Waals surface area contributed by atoms with Gasteiger partial charge in [0.05, 0.1) is 12.2 Å². The fourth-order valence-electron chi connectivity index (χ4n) is 1.28. The van der Waals surface area contributed by atoms with Crippen molar-refractivity contribution >= 4 is 23.4 Å². The second-order valence-electron chi connectivity index (χ2n) is 3.74. The van der Waals surface area contributed by atoms with Crippen molar-refractivity contribution in [1.29, 1.82) is 0 Å². The van der Waals surface area contributed by atoms with Crippen molar-refractivity contribution in [3.63, 3.8) is 0 Å². The lowest BCUT2D eigenvalue weighted by Crippen LogP contribution is -2.25. The zero-order chi connectivity index (χ0) is 12.0. The lowest BCUT2D eigenvalue weighted by Gasteiger charge is -2.12. The molecule has 0 heterocycles. The third-order valence-corrected chi connectivity index (χ3v) is 2.94. The minimum atomic E-state index is -0.0145. The Kier molecular flexibility index (Phi) is 5.35. The molecule has 1 rings (SSSR count). The first kappa shape index (κ1) is 13.1. The highest BCUT2D eigenvalue weighted by Crippen LogP contribution is 2.29. The van der Waals surface area contributed by atoms with Crippen LogP contribution in [0.5, 0.6) is 0 Å². The first-order chi connectivity index (χ1) is 7.63. The smallest absolute Gasteiger partial charge is 0.238 e. The van der Waals surface area contributed by atoms with E-state index in [1.165, 1.54) is 0 Å². The molecule has 0 aliphatic heterocycles. The molecule has 0 spiro atoms. The van der Waals surface area contributed by atoms with Gasteiger partial charge in [-0.25, -0.2) is 0 Å². The zero-order valence-corrected chi connectivity index (χ0v) is 10.7. The maximum Gasteiger partial charge on any atom is 0.238 e. The second kappa shape index (κ2) is 6.55. The lowest BCUT2D eigenvalue weighted by atomic mass is 10.3. The van der Waals surface area contributed by atoms with Crippen molar-refractivity contribution in [2.24, 2.45) is 0 Å². The molecule has 16 heavy (non-hydrogen) atoms. The molecule has 0 aromatic heterocycles. The number of carbonyl (C=O) groups excluding carboxylic acids is 1. The number of hydrogen-bond donors (Lipinski definition) is 2. The summed E-state index contributed by atoms with van der Waals surface area (Å²) in [5.74, 6) is -0.0145. The number of carbonyl (C=O) groups is 1. The SMILES string of the molecule is CNCC(=O)Nc1ccccc1SC(C)C. The van der Waals surface area contributed by atoms with Gasteiger partial charge in [0.15, 0.2) is 0 Å². The summed E-state index contributed by atoms with van der Waals surface area (Å²) in [6.45, 7) is 4.61. The molecule has 88 valence electrons. The quantitative estimate of drug-likeness (QED) is 0.774. The van der Waals surface area contributed by atoms with E-state index in [4.69, 9.17) is 0 Å². The van der Waals surface area contributed by atoms with Crippen molar-refractivity contribution in [2.45, 2.75) is 24.0 Å².